The van der Waals surface area contributed by atoms with Gasteiger partial charge in [-0.3, -0.25) is 4.99 Å². The SMILES string of the molecule is C=COC(C)CCCCNC(=NC)N(C)C. The fourth-order valence-electron chi connectivity index (χ4n) is 1.43. The van der Waals surface area contributed by atoms with Gasteiger partial charge in [0.15, 0.2) is 5.96 Å². The minimum atomic E-state index is 0.269. The molecule has 16 heavy (non-hydrogen) atoms. The Balaban J connectivity index is 3.49. The summed E-state index contributed by atoms with van der Waals surface area (Å²) in [5, 5.41) is 3.29. The maximum Gasteiger partial charge on any atom is 0.193 e. The normalized spacial score (nSPS) is 13.1. The second-order valence-electron chi connectivity index (χ2n) is 3.98. The molecule has 4 nitrogen and oxygen atoms in total. The van der Waals surface area contributed by atoms with Crippen molar-refractivity contribution in [3.63, 3.8) is 0 Å². The largest absolute Gasteiger partial charge is 0.499 e. The van der Waals surface area contributed by atoms with Crippen molar-refractivity contribution in [2.24, 2.45) is 4.99 Å². The minimum Gasteiger partial charge on any atom is -0.499 e. The van der Waals surface area contributed by atoms with E-state index >= 15 is 0 Å². The van der Waals surface area contributed by atoms with Gasteiger partial charge in [-0.05, 0) is 26.2 Å². The number of nitrogens with zero attached hydrogens (tertiary/aromatic N) is 2. The number of nitrogens with one attached hydrogen (secondary N) is 1. The summed E-state index contributed by atoms with van der Waals surface area (Å²) >= 11 is 0. The van der Waals surface area contributed by atoms with Crippen LogP contribution in [0.3, 0.4) is 0 Å². The maximum absolute atomic E-state index is 5.24. The van der Waals surface area contributed by atoms with E-state index in [1.165, 1.54) is 6.26 Å². The van der Waals surface area contributed by atoms with Gasteiger partial charge in [-0.2, -0.15) is 0 Å². The summed E-state index contributed by atoms with van der Waals surface area (Å²) < 4.78 is 5.24. The molecule has 0 aromatic heterocycles. The predicted molar refractivity (Wildman–Crippen MR) is 69.6 cm³/mol. The topological polar surface area (TPSA) is 36.9 Å². The summed E-state index contributed by atoms with van der Waals surface area (Å²) in [5.74, 6) is 0.926. The highest BCUT2D eigenvalue weighted by atomic mass is 16.5. The molecule has 1 N–H and O–H groups in total. The van der Waals surface area contributed by atoms with Gasteiger partial charge in [0.1, 0.15) is 0 Å². The molecule has 0 saturated heterocycles. The maximum atomic E-state index is 5.24. The molecule has 4 heteroatoms. The zero-order valence-corrected chi connectivity index (χ0v) is 11.0. The van der Waals surface area contributed by atoms with Gasteiger partial charge in [0, 0.05) is 27.7 Å². The van der Waals surface area contributed by atoms with Crippen LogP contribution in [0, 0.1) is 0 Å². The number of guanidine groups is 1. The van der Waals surface area contributed by atoms with Crippen molar-refractivity contribution in [2.45, 2.75) is 32.3 Å². The molecule has 0 spiro atoms. The lowest BCUT2D eigenvalue weighted by atomic mass is 10.2. The molecule has 0 aromatic carbocycles. The number of ether oxygens (including phenoxy) is 1. The van der Waals surface area contributed by atoms with E-state index in [1.54, 1.807) is 7.05 Å². The standard InChI is InChI=1S/C12H25N3O/c1-6-16-11(2)9-7-8-10-14-12(13-3)15(4)5/h6,11H,1,7-10H2,2-5H3,(H,13,14). The highest BCUT2D eigenvalue weighted by Gasteiger charge is 2.01. The summed E-state index contributed by atoms with van der Waals surface area (Å²) in [6.45, 7) is 6.56. The Kier molecular flexibility index (Phi) is 8.39. The van der Waals surface area contributed by atoms with E-state index in [4.69, 9.17) is 4.74 Å². The van der Waals surface area contributed by atoms with Crippen molar-refractivity contribution >= 4 is 5.96 Å². The molecule has 0 aromatic rings. The average molecular weight is 227 g/mol. The van der Waals surface area contributed by atoms with Crippen LogP contribution in [0.15, 0.2) is 17.8 Å². The van der Waals surface area contributed by atoms with E-state index in [1.807, 2.05) is 19.0 Å². The summed E-state index contributed by atoms with van der Waals surface area (Å²) in [7, 11) is 5.76. The lowest BCUT2D eigenvalue weighted by Crippen LogP contribution is -2.36. The van der Waals surface area contributed by atoms with E-state index < -0.39 is 0 Å². The van der Waals surface area contributed by atoms with E-state index in [-0.39, 0.29) is 6.10 Å². The number of rotatable bonds is 7. The Bertz CT molecular complexity index is 214. The Labute approximate surface area is 99.4 Å². The molecule has 0 aliphatic carbocycles. The number of hydrogen-bond donors (Lipinski definition) is 1. The molecule has 0 radical (unpaired) electrons. The van der Waals surface area contributed by atoms with Gasteiger partial charge in [0.05, 0.1) is 12.4 Å². The van der Waals surface area contributed by atoms with Gasteiger partial charge in [0.25, 0.3) is 0 Å². The summed E-state index contributed by atoms with van der Waals surface area (Å²) in [6.07, 6.45) is 5.11. The van der Waals surface area contributed by atoms with Crippen LogP contribution in [0.2, 0.25) is 0 Å². The Hall–Kier alpha value is -1.19. The number of unbranched alkanes of at least 4 members (excludes halogenated alkanes) is 1. The molecule has 0 aliphatic rings. The molecule has 94 valence electrons. The predicted octanol–water partition coefficient (Wildman–Crippen LogP) is 1.84. The zero-order valence-electron chi connectivity index (χ0n) is 11.0. The van der Waals surface area contributed by atoms with Crippen LogP contribution in [0.25, 0.3) is 0 Å². The van der Waals surface area contributed by atoms with Crippen LogP contribution in [-0.2, 0) is 4.74 Å². The van der Waals surface area contributed by atoms with Crippen molar-refractivity contribution in [1.29, 1.82) is 0 Å². The van der Waals surface area contributed by atoms with Crippen LogP contribution < -0.4 is 5.32 Å². The Morgan fingerprint density at radius 1 is 1.50 bits per heavy atom. The van der Waals surface area contributed by atoms with Crippen molar-refractivity contribution < 1.29 is 4.74 Å². The van der Waals surface area contributed by atoms with Crippen molar-refractivity contribution in [3.05, 3.63) is 12.8 Å². The van der Waals surface area contributed by atoms with Crippen LogP contribution in [0.1, 0.15) is 26.2 Å². The molecule has 0 aliphatic heterocycles. The van der Waals surface area contributed by atoms with E-state index in [0.717, 1.165) is 31.8 Å². The summed E-state index contributed by atoms with van der Waals surface area (Å²) in [4.78, 5) is 6.12. The van der Waals surface area contributed by atoms with Crippen molar-refractivity contribution in [3.8, 4) is 0 Å². The Morgan fingerprint density at radius 3 is 2.69 bits per heavy atom. The molecule has 0 bridgehead atoms. The van der Waals surface area contributed by atoms with E-state index in [2.05, 4.69) is 23.8 Å². The highest BCUT2D eigenvalue weighted by Crippen LogP contribution is 2.03. The summed E-state index contributed by atoms with van der Waals surface area (Å²) in [6, 6.07) is 0. The van der Waals surface area contributed by atoms with Gasteiger partial charge >= 0.3 is 0 Å². The first-order valence-electron chi connectivity index (χ1n) is 5.76. The zero-order chi connectivity index (χ0) is 12.4. The average Bonchev–Trinajstić information content (AvgIpc) is 2.23. The fourth-order valence-corrected chi connectivity index (χ4v) is 1.43. The minimum absolute atomic E-state index is 0.269. The molecule has 0 rings (SSSR count). The van der Waals surface area contributed by atoms with Gasteiger partial charge in [-0.1, -0.05) is 6.58 Å². The lowest BCUT2D eigenvalue weighted by molar-refractivity contribution is 0.150. The molecule has 1 unspecified atom stereocenters. The van der Waals surface area contributed by atoms with Crippen LogP contribution >= 0.6 is 0 Å². The Morgan fingerprint density at radius 2 is 2.19 bits per heavy atom. The van der Waals surface area contributed by atoms with Gasteiger partial charge in [-0.15, -0.1) is 0 Å². The first-order chi connectivity index (χ1) is 7.61. The first-order valence-corrected chi connectivity index (χ1v) is 5.76. The molecular weight excluding hydrogens is 202 g/mol. The van der Waals surface area contributed by atoms with Crippen LogP contribution in [0.5, 0.6) is 0 Å². The second kappa shape index (κ2) is 9.07. The number of hydrogen-bond acceptors (Lipinski definition) is 2. The molecular formula is C12H25N3O. The van der Waals surface area contributed by atoms with E-state index in [0.29, 0.717) is 0 Å². The van der Waals surface area contributed by atoms with Crippen LogP contribution in [-0.4, -0.2) is 44.7 Å². The molecule has 0 fully saturated rings. The second-order valence-corrected chi connectivity index (χ2v) is 3.98. The first kappa shape index (κ1) is 14.8. The smallest absolute Gasteiger partial charge is 0.193 e. The molecule has 0 amide bonds. The fraction of sp³-hybridized carbons (Fsp3) is 0.750. The molecule has 1 atom stereocenters. The van der Waals surface area contributed by atoms with Gasteiger partial charge < -0.3 is 15.0 Å². The quantitative estimate of drug-likeness (QED) is 0.312. The third-order valence-corrected chi connectivity index (χ3v) is 2.28. The number of aliphatic imine (C=N–C) groups is 1. The van der Waals surface area contributed by atoms with Crippen LogP contribution in [0.4, 0.5) is 0 Å². The monoisotopic (exact) mass is 227 g/mol. The van der Waals surface area contributed by atoms with Gasteiger partial charge in [0.2, 0.25) is 0 Å². The molecule has 0 saturated carbocycles. The van der Waals surface area contributed by atoms with E-state index in [9.17, 15) is 0 Å². The third kappa shape index (κ3) is 7.15. The third-order valence-electron chi connectivity index (χ3n) is 2.28. The molecule has 0 heterocycles. The van der Waals surface area contributed by atoms with Crippen molar-refractivity contribution in [1.82, 2.24) is 10.2 Å². The summed E-state index contributed by atoms with van der Waals surface area (Å²) in [5.41, 5.74) is 0. The highest BCUT2D eigenvalue weighted by molar-refractivity contribution is 5.79. The van der Waals surface area contributed by atoms with Crippen molar-refractivity contribution in [2.75, 3.05) is 27.7 Å². The van der Waals surface area contributed by atoms with Gasteiger partial charge in [-0.25, -0.2) is 0 Å². The lowest BCUT2D eigenvalue weighted by Gasteiger charge is -2.17.